The van der Waals surface area contributed by atoms with Crippen LogP contribution in [0.2, 0.25) is 0 Å². The molecule has 13 aromatic carbocycles. The highest BCUT2D eigenvalue weighted by atomic mass is 16.5. The fraction of sp³-hybridized carbons (Fsp3) is 0.0233. The van der Waals surface area contributed by atoms with E-state index in [4.69, 9.17) is 39.4 Å². The highest BCUT2D eigenvalue weighted by molar-refractivity contribution is 5.96. The normalized spacial score (nSPS) is 13.2. The van der Waals surface area contributed by atoms with Gasteiger partial charge in [0.05, 0.1) is 10.8 Å². The van der Waals surface area contributed by atoms with Crippen molar-refractivity contribution in [2.24, 2.45) is 0 Å². The number of hydrogen-bond acceptors (Lipinski definition) is 8. The molecule has 2 aliphatic carbocycles. The minimum Gasteiger partial charge on any atom is -0.457 e. The molecule has 4 heterocycles. The molecule has 4 aliphatic rings. The van der Waals surface area contributed by atoms with Crippen molar-refractivity contribution in [3.05, 3.63) is 372 Å². The maximum absolute atomic E-state index is 6.67. The van der Waals surface area contributed by atoms with Gasteiger partial charge in [0.1, 0.15) is 23.0 Å². The summed E-state index contributed by atoms with van der Waals surface area (Å²) in [5.41, 5.74) is 21.0. The highest BCUT2D eigenvalue weighted by Gasteiger charge is 2.53. The standard InChI is InChI=1S/C46H29N3O.C40H25N3O/c1-3-13-30(14-4-1)31-23-25-33(26-24-31)44-47-43(32-15-5-2-6-16-32)48-45(49-44)34-27-28-42-40(29-34)46(39-21-11-12-22-41(39)50-42)37-19-9-7-17-35(37)36-18-8-10-20-38(36)46;1-3-14-26(15-4-1)37-41-38(27-16-5-2-6-17-27)43-39(42-37)29-19-13-23-33-36(29)28-18-7-8-20-30(28)40(33)31-21-9-11-24-34(31)44-35-25-12-10-22-32(35)40/h1-29H;1-25H. The number of ether oxygens (including phenoxy) is 2. The first-order valence-electron chi connectivity index (χ1n) is 31.7. The summed E-state index contributed by atoms with van der Waals surface area (Å²) >= 11 is 0. The lowest BCUT2D eigenvalue weighted by Gasteiger charge is -2.39. The summed E-state index contributed by atoms with van der Waals surface area (Å²) in [4.78, 5) is 30.4. The SMILES string of the molecule is c1ccc(-c2ccc(-c3nc(-c4ccccc4)nc(-c4ccc5c(c4)C4(c6ccccc6O5)c5ccccc5-c5ccccc54)n3)cc2)cc1.c1ccc(-c2nc(-c3ccccc3)nc(-c3cccc4c3-c3ccccc3C43c4ccccc4Oc4ccccc43)n2)cc1. The van der Waals surface area contributed by atoms with E-state index in [1.54, 1.807) is 0 Å². The Bertz CT molecular complexity index is 5300. The van der Waals surface area contributed by atoms with Gasteiger partial charge in [-0.15, -0.1) is 0 Å². The van der Waals surface area contributed by atoms with E-state index in [0.29, 0.717) is 34.9 Å². The Morgan fingerprint density at radius 1 is 0.181 bits per heavy atom. The van der Waals surface area contributed by atoms with Crippen LogP contribution in [0.5, 0.6) is 23.0 Å². The third kappa shape index (κ3) is 8.61. The molecule has 94 heavy (non-hydrogen) atoms. The van der Waals surface area contributed by atoms with Crippen LogP contribution >= 0.6 is 0 Å². The molecule has 0 atom stereocenters. The van der Waals surface area contributed by atoms with Crippen LogP contribution in [0, 0.1) is 0 Å². The molecule has 0 bridgehead atoms. The Morgan fingerprint density at radius 3 is 0.936 bits per heavy atom. The molecule has 0 amide bonds. The van der Waals surface area contributed by atoms with E-state index in [9.17, 15) is 0 Å². The van der Waals surface area contributed by atoms with Crippen LogP contribution in [-0.2, 0) is 10.8 Å². The second kappa shape index (κ2) is 22.2. The van der Waals surface area contributed by atoms with Crippen molar-refractivity contribution < 1.29 is 9.47 Å². The summed E-state index contributed by atoms with van der Waals surface area (Å²) in [6, 6.07) is 114. The minimum absolute atomic E-state index is 0.551. The van der Waals surface area contributed by atoms with Gasteiger partial charge in [0, 0.05) is 55.6 Å². The molecular formula is C86H54N6O2. The lowest BCUT2D eigenvalue weighted by molar-refractivity contribution is 0.436. The fourth-order valence-electron chi connectivity index (χ4n) is 14.8. The summed E-state index contributed by atoms with van der Waals surface area (Å²) in [5, 5.41) is 0. The van der Waals surface area contributed by atoms with Gasteiger partial charge in [-0.2, -0.15) is 0 Å². The number of rotatable bonds is 7. The van der Waals surface area contributed by atoms with E-state index in [1.165, 1.54) is 44.5 Å². The van der Waals surface area contributed by atoms with Gasteiger partial charge in [0.2, 0.25) is 0 Å². The summed E-state index contributed by atoms with van der Waals surface area (Å²) in [5.74, 6) is 7.24. The predicted molar refractivity (Wildman–Crippen MR) is 372 cm³/mol. The number of fused-ring (bicyclic) bond motifs is 18. The highest BCUT2D eigenvalue weighted by Crippen LogP contribution is 2.65. The molecule has 0 N–H and O–H groups in total. The Labute approximate surface area is 543 Å². The van der Waals surface area contributed by atoms with Crippen LogP contribution in [0.15, 0.2) is 328 Å². The monoisotopic (exact) mass is 1200 g/mol. The smallest absolute Gasteiger partial charge is 0.164 e. The summed E-state index contributed by atoms with van der Waals surface area (Å²) in [6.45, 7) is 0. The molecule has 0 fully saturated rings. The molecule has 8 heteroatoms. The summed E-state index contributed by atoms with van der Waals surface area (Å²) in [6.07, 6.45) is 0. The maximum Gasteiger partial charge on any atom is 0.164 e. The van der Waals surface area contributed by atoms with Crippen molar-refractivity contribution >= 4 is 0 Å². The Hall–Kier alpha value is -12.5. The van der Waals surface area contributed by atoms with Crippen molar-refractivity contribution in [1.29, 1.82) is 0 Å². The van der Waals surface area contributed by atoms with Crippen molar-refractivity contribution in [3.8, 4) is 125 Å². The predicted octanol–water partition coefficient (Wildman–Crippen LogP) is 20.3. The second-order valence-corrected chi connectivity index (χ2v) is 23.9. The quantitative estimate of drug-likeness (QED) is 0.156. The second-order valence-electron chi connectivity index (χ2n) is 23.9. The largest absolute Gasteiger partial charge is 0.457 e. The first kappa shape index (κ1) is 54.4. The van der Waals surface area contributed by atoms with Gasteiger partial charge >= 0.3 is 0 Å². The van der Waals surface area contributed by atoms with E-state index in [0.717, 1.165) is 89.8 Å². The molecule has 0 saturated heterocycles. The number of nitrogens with zero attached hydrogens (tertiary/aromatic N) is 6. The average Bonchev–Trinajstić information content (AvgIpc) is 1.49. The first-order chi connectivity index (χ1) is 46.6. The maximum atomic E-state index is 6.67. The molecular weight excluding hydrogens is 1150 g/mol. The third-order valence-corrected chi connectivity index (χ3v) is 18.8. The molecule has 2 aromatic heterocycles. The van der Waals surface area contributed by atoms with Crippen LogP contribution < -0.4 is 9.47 Å². The van der Waals surface area contributed by atoms with Crippen molar-refractivity contribution in [2.45, 2.75) is 10.8 Å². The Kier molecular flexibility index (Phi) is 12.8. The molecule has 0 radical (unpaired) electrons. The number of benzene rings is 13. The topological polar surface area (TPSA) is 95.8 Å². The zero-order chi connectivity index (χ0) is 62.2. The van der Waals surface area contributed by atoms with Crippen LogP contribution in [0.3, 0.4) is 0 Å². The number of aromatic nitrogens is 6. The van der Waals surface area contributed by atoms with E-state index in [2.05, 4.69) is 212 Å². The fourth-order valence-corrected chi connectivity index (χ4v) is 14.8. The number of hydrogen-bond donors (Lipinski definition) is 0. The van der Waals surface area contributed by atoms with Crippen LogP contribution in [0.1, 0.15) is 44.5 Å². The Balaban J connectivity index is 0.000000139. The van der Waals surface area contributed by atoms with E-state index in [-0.39, 0.29) is 0 Å². The van der Waals surface area contributed by atoms with E-state index >= 15 is 0 Å². The molecule has 19 rings (SSSR count). The van der Waals surface area contributed by atoms with Gasteiger partial charge < -0.3 is 9.47 Å². The van der Waals surface area contributed by atoms with Gasteiger partial charge in [-0.05, 0) is 92.0 Å². The zero-order valence-corrected chi connectivity index (χ0v) is 50.7. The van der Waals surface area contributed by atoms with Gasteiger partial charge in [0.25, 0.3) is 0 Å². The lowest BCUT2D eigenvalue weighted by Crippen LogP contribution is -2.32. The van der Waals surface area contributed by atoms with Crippen LogP contribution in [-0.4, -0.2) is 29.9 Å². The molecule has 15 aromatic rings. The van der Waals surface area contributed by atoms with E-state index in [1.807, 2.05) is 115 Å². The number of para-hydroxylation sites is 3. The molecule has 2 spiro atoms. The molecule has 0 saturated carbocycles. The molecule has 0 unspecified atom stereocenters. The minimum atomic E-state index is -0.571. The zero-order valence-electron chi connectivity index (χ0n) is 50.7. The summed E-state index contributed by atoms with van der Waals surface area (Å²) < 4.78 is 13.2. The van der Waals surface area contributed by atoms with Gasteiger partial charge in [-0.1, -0.05) is 291 Å². The average molecular weight is 1200 g/mol. The lowest BCUT2D eigenvalue weighted by atomic mass is 9.66. The van der Waals surface area contributed by atoms with Gasteiger partial charge in [0.15, 0.2) is 34.9 Å². The third-order valence-electron chi connectivity index (χ3n) is 18.8. The van der Waals surface area contributed by atoms with Crippen molar-refractivity contribution in [3.63, 3.8) is 0 Å². The molecule has 2 aliphatic heterocycles. The molecule has 8 nitrogen and oxygen atoms in total. The first-order valence-corrected chi connectivity index (χ1v) is 31.7. The van der Waals surface area contributed by atoms with Crippen LogP contribution in [0.4, 0.5) is 0 Å². The van der Waals surface area contributed by atoms with Gasteiger partial charge in [-0.25, -0.2) is 29.9 Å². The summed E-state index contributed by atoms with van der Waals surface area (Å²) in [7, 11) is 0. The molecule has 440 valence electrons. The van der Waals surface area contributed by atoms with Crippen molar-refractivity contribution in [1.82, 2.24) is 29.9 Å². The van der Waals surface area contributed by atoms with E-state index < -0.39 is 10.8 Å². The Morgan fingerprint density at radius 2 is 0.468 bits per heavy atom. The van der Waals surface area contributed by atoms with Crippen molar-refractivity contribution in [2.75, 3.05) is 0 Å². The van der Waals surface area contributed by atoms with Crippen LogP contribution in [0.25, 0.3) is 102 Å². The van der Waals surface area contributed by atoms with Gasteiger partial charge in [-0.3, -0.25) is 0 Å².